The summed E-state index contributed by atoms with van der Waals surface area (Å²) in [6.45, 7) is 1.80. The van der Waals surface area contributed by atoms with Crippen LogP contribution in [-0.2, 0) is 0 Å². The monoisotopic (exact) mass is 497 g/mol. The molecule has 1 N–H and O–H groups in total. The molecule has 1 aliphatic rings. The number of halogens is 3. The van der Waals surface area contributed by atoms with Gasteiger partial charge in [-0.1, -0.05) is 59.1 Å². The van der Waals surface area contributed by atoms with Crippen LogP contribution in [0.25, 0.3) is 28.1 Å². The van der Waals surface area contributed by atoms with Gasteiger partial charge in [-0.15, -0.1) is 0 Å². The fourth-order valence-electron chi connectivity index (χ4n) is 4.02. The van der Waals surface area contributed by atoms with E-state index >= 15 is 0 Å². The topological polar surface area (TPSA) is 74.9 Å². The Labute approximate surface area is 204 Å². The first-order chi connectivity index (χ1) is 15.9. The number of likely N-dealkylation sites (tertiary alicyclic amines) is 1. The summed E-state index contributed by atoms with van der Waals surface area (Å²) in [4.78, 5) is 24.7. The largest absolute Gasteiger partial charge is 0.357 e. The highest BCUT2D eigenvalue weighted by Gasteiger charge is 2.19. The van der Waals surface area contributed by atoms with Crippen LogP contribution in [-0.4, -0.2) is 38.4 Å². The highest BCUT2D eigenvalue weighted by Crippen LogP contribution is 2.29. The first-order valence-corrected chi connectivity index (χ1v) is 11.5. The Morgan fingerprint density at radius 2 is 1.67 bits per heavy atom. The molecule has 0 atom stereocenters. The molecule has 2 aromatic heterocycles. The number of benzene rings is 2. The second-order valence-corrected chi connectivity index (χ2v) is 9.09. The van der Waals surface area contributed by atoms with E-state index in [1.807, 2.05) is 24.3 Å². The van der Waals surface area contributed by atoms with E-state index < -0.39 is 0 Å². The number of hydrogen-bond acceptors (Lipinski definition) is 4. The molecule has 0 bridgehead atoms. The highest BCUT2D eigenvalue weighted by atomic mass is 35.5. The molecule has 0 aliphatic carbocycles. The van der Waals surface area contributed by atoms with Crippen molar-refractivity contribution in [3.05, 3.63) is 85.7 Å². The van der Waals surface area contributed by atoms with Gasteiger partial charge < -0.3 is 4.90 Å². The maximum absolute atomic E-state index is 13.6. The predicted molar refractivity (Wildman–Crippen MR) is 133 cm³/mol. The van der Waals surface area contributed by atoms with E-state index in [2.05, 4.69) is 9.88 Å². The smallest absolute Gasteiger partial charge is 0.267 e. The van der Waals surface area contributed by atoms with Crippen molar-refractivity contribution in [2.24, 2.45) is 0 Å². The van der Waals surface area contributed by atoms with Gasteiger partial charge >= 0.3 is 0 Å². The summed E-state index contributed by atoms with van der Waals surface area (Å²) in [7, 11) is 0. The SMILES string of the molecule is N=C(c1ccc(-c2nc3c(Cl)cc(Cl)cc3c(=O)n2-c2ccc(Cl)cn2)cc1)N1CCCC1. The van der Waals surface area contributed by atoms with Crippen molar-refractivity contribution in [1.29, 1.82) is 5.41 Å². The van der Waals surface area contributed by atoms with Gasteiger partial charge in [0, 0.05) is 35.4 Å². The van der Waals surface area contributed by atoms with Gasteiger partial charge in [-0.3, -0.25) is 10.2 Å². The van der Waals surface area contributed by atoms with Gasteiger partial charge in [0.1, 0.15) is 17.5 Å². The lowest BCUT2D eigenvalue weighted by Crippen LogP contribution is -2.27. The molecule has 2 aromatic carbocycles. The van der Waals surface area contributed by atoms with Gasteiger partial charge in [0.05, 0.1) is 20.9 Å². The minimum Gasteiger partial charge on any atom is -0.357 e. The Hall–Kier alpha value is -2.93. The van der Waals surface area contributed by atoms with Gasteiger partial charge in [-0.05, 0) is 37.1 Å². The standard InChI is InChI=1S/C24H18Cl3N5O/c25-16-7-8-20(29-13-16)32-23(30-21-18(24(32)33)11-17(26)12-19(21)27)15-5-3-14(4-6-15)22(28)31-9-1-2-10-31/h3-8,11-13,28H,1-2,9-10H2. The van der Waals surface area contributed by atoms with Crippen molar-refractivity contribution in [3.8, 4) is 17.2 Å². The van der Waals surface area contributed by atoms with Gasteiger partial charge in [0.15, 0.2) is 0 Å². The summed E-state index contributed by atoms with van der Waals surface area (Å²) < 4.78 is 1.42. The summed E-state index contributed by atoms with van der Waals surface area (Å²) in [5.41, 5.74) is 1.52. The van der Waals surface area contributed by atoms with Crippen LogP contribution in [0.1, 0.15) is 18.4 Å². The second kappa shape index (κ2) is 8.78. The lowest BCUT2D eigenvalue weighted by Gasteiger charge is -2.19. The molecule has 0 amide bonds. The normalized spacial score (nSPS) is 13.6. The van der Waals surface area contributed by atoms with Crippen molar-refractivity contribution in [1.82, 2.24) is 19.4 Å². The van der Waals surface area contributed by atoms with Crippen molar-refractivity contribution < 1.29 is 0 Å². The minimum atomic E-state index is -0.344. The Balaban J connectivity index is 1.69. The number of amidine groups is 1. The number of pyridine rings is 1. The van der Waals surface area contributed by atoms with Crippen molar-refractivity contribution >= 4 is 51.5 Å². The van der Waals surface area contributed by atoms with Gasteiger partial charge in [-0.2, -0.15) is 0 Å². The zero-order valence-electron chi connectivity index (χ0n) is 17.4. The first kappa shape index (κ1) is 21.9. The Morgan fingerprint density at radius 3 is 2.33 bits per heavy atom. The minimum absolute atomic E-state index is 0.291. The maximum Gasteiger partial charge on any atom is 0.267 e. The number of nitrogens with zero attached hydrogens (tertiary/aromatic N) is 4. The van der Waals surface area contributed by atoms with Crippen molar-refractivity contribution in [3.63, 3.8) is 0 Å². The van der Waals surface area contributed by atoms with Crippen LogP contribution in [0, 0.1) is 5.41 Å². The summed E-state index contributed by atoms with van der Waals surface area (Å²) in [5.74, 6) is 1.25. The van der Waals surface area contributed by atoms with Crippen molar-refractivity contribution in [2.75, 3.05) is 13.1 Å². The molecule has 6 nitrogen and oxygen atoms in total. The van der Waals surface area contributed by atoms with Gasteiger partial charge in [0.25, 0.3) is 5.56 Å². The molecule has 0 unspecified atom stereocenters. The second-order valence-electron chi connectivity index (χ2n) is 7.81. The number of hydrogen-bond donors (Lipinski definition) is 1. The maximum atomic E-state index is 13.6. The molecule has 5 rings (SSSR count). The van der Waals surface area contributed by atoms with Crippen molar-refractivity contribution in [2.45, 2.75) is 12.8 Å². The zero-order chi connectivity index (χ0) is 23.1. The van der Waals surface area contributed by atoms with Crippen LogP contribution < -0.4 is 5.56 Å². The van der Waals surface area contributed by atoms with Crippen LogP contribution in [0.2, 0.25) is 15.1 Å². The fraction of sp³-hybridized carbons (Fsp3) is 0.167. The molecule has 9 heteroatoms. The molecule has 166 valence electrons. The van der Waals surface area contributed by atoms with Crippen LogP contribution in [0.15, 0.2) is 59.5 Å². The molecule has 1 fully saturated rings. The first-order valence-electron chi connectivity index (χ1n) is 10.4. The lowest BCUT2D eigenvalue weighted by molar-refractivity contribution is 0.517. The van der Waals surface area contributed by atoms with E-state index in [-0.39, 0.29) is 5.56 Å². The summed E-state index contributed by atoms with van der Waals surface area (Å²) >= 11 is 18.6. The molecule has 0 saturated carbocycles. The van der Waals surface area contributed by atoms with Crippen LogP contribution in [0.5, 0.6) is 0 Å². The molecule has 1 saturated heterocycles. The fourth-order valence-corrected chi connectivity index (χ4v) is 4.67. The van der Waals surface area contributed by atoms with E-state index in [4.69, 9.17) is 45.2 Å². The summed E-state index contributed by atoms with van der Waals surface area (Å²) in [5, 5.41) is 9.88. The van der Waals surface area contributed by atoms with Crippen LogP contribution in [0.4, 0.5) is 0 Å². The van der Waals surface area contributed by atoms with Gasteiger partial charge in [-0.25, -0.2) is 14.5 Å². The average molecular weight is 499 g/mol. The third-order valence-electron chi connectivity index (χ3n) is 5.67. The van der Waals surface area contributed by atoms with E-state index in [9.17, 15) is 4.79 Å². The number of fused-ring (bicyclic) bond motifs is 1. The third kappa shape index (κ3) is 4.10. The summed E-state index contributed by atoms with van der Waals surface area (Å²) in [6, 6.07) is 13.9. The lowest BCUT2D eigenvalue weighted by atomic mass is 10.1. The molecule has 4 aromatic rings. The van der Waals surface area contributed by atoms with E-state index in [0.29, 0.717) is 49.0 Å². The molecular weight excluding hydrogens is 481 g/mol. The Morgan fingerprint density at radius 1 is 0.939 bits per heavy atom. The molecule has 1 aliphatic heterocycles. The predicted octanol–water partition coefficient (Wildman–Crippen LogP) is 5.83. The summed E-state index contributed by atoms with van der Waals surface area (Å²) in [6.07, 6.45) is 3.68. The quantitative estimate of drug-likeness (QED) is 0.285. The highest BCUT2D eigenvalue weighted by molar-refractivity contribution is 6.38. The molecular formula is C24H18Cl3N5O. The number of aromatic nitrogens is 3. The van der Waals surface area contributed by atoms with E-state index in [1.54, 1.807) is 24.3 Å². The van der Waals surface area contributed by atoms with E-state index in [0.717, 1.165) is 31.5 Å². The number of rotatable bonds is 3. The van der Waals surface area contributed by atoms with Crippen LogP contribution in [0.3, 0.4) is 0 Å². The average Bonchev–Trinajstić information content (AvgIpc) is 3.35. The Kier molecular flexibility index (Phi) is 5.83. The molecule has 3 heterocycles. The zero-order valence-corrected chi connectivity index (χ0v) is 19.6. The Bertz CT molecular complexity index is 1430. The third-order valence-corrected chi connectivity index (χ3v) is 6.40. The number of nitrogens with one attached hydrogen (secondary N) is 1. The molecule has 33 heavy (non-hydrogen) atoms. The molecule has 0 spiro atoms. The van der Waals surface area contributed by atoms with Gasteiger partial charge in [0.2, 0.25) is 0 Å². The van der Waals surface area contributed by atoms with E-state index in [1.165, 1.54) is 10.8 Å². The molecule has 0 radical (unpaired) electrons. The van der Waals surface area contributed by atoms with Crippen LogP contribution >= 0.6 is 34.8 Å².